The lowest BCUT2D eigenvalue weighted by Crippen LogP contribution is -2.30. The average Bonchev–Trinajstić information content (AvgIpc) is 3.28. The van der Waals surface area contributed by atoms with Gasteiger partial charge in [0.2, 0.25) is 0 Å². The predicted octanol–water partition coefficient (Wildman–Crippen LogP) is 18.9. The fourth-order valence-corrected chi connectivity index (χ4v) is 8.84. The van der Waals surface area contributed by atoms with Gasteiger partial charge in [0, 0.05) is 19.3 Å². The summed E-state index contributed by atoms with van der Waals surface area (Å²) in [4.78, 5) is 38.1. The van der Waals surface area contributed by atoms with Crippen molar-refractivity contribution in [2.24, 2.45) is 11.8 Å². The number of ether oxygens (including phenoxy) is 3. The van der Waals surface area contributed by atoms with Gasteiger partial charge in [0.1, 0.15) is 13.2 Å². The maximum absolute atomic E-state index is 12.9. The third-order valence-corrected chi connectivity index (χ3v) is 13.6. The van der Waals surface area contributed by atoms with Crippen LogP contribution < -0.4 is 0 Å². The molecule has 0 aliphatic heterocycles. The van der Waals surface area contributed by atoms with Crippen LogP contribution in [0.4, 0.5) is 0 Å². The monoisotopic (exact) mass is 905 g/mol. The molecule has 6 nitrogen and oxygen atoms in total. The fraction of sp³-hybridized carbons (Fsp3) is 0.948. The Morgan fingerprint density at radius 1 is 0.328 bits per heavy atom. The van der Waals surface area contributed by atoms with E-state index in [1.54, 1.807) is 0 Å². The van der Waals surface area contributed by atoms with Crippen LogP contribution in [0.3, 0.4) is 0 Å². The van der Waals surface area contributed by atoms with Gasteiger partial charge >= 0.3 is 17.9 Å². The first kappa shape index (κ1) is 62.4. The fourth-order valence-electron chi connectivity index (χ4n) is 8.84. The summed E-state index contributed by atoms with van der Waals surface area (Å²) in [5.74, 6) is 0.882. The summed E-state index contributed by atoms with van der Waals surface area (Å²) in [6, 6.07) is 0. The lowest BCUT2D eigenvalue weighted by molar-refractivity contribution is -0.167. The minimum atomic E-state index is -0.762. The van der Waals surface area contributed by atoms with Crippen molar-refractivity contribution in [1.82, 2.24) is 0 Å². The minimum Gasteiger partial charge on any atom is -0.462 e. The topological polar surface area (TPSA) is 78.9 Å². The normalized spacial score (nSPS) is 12.5. The first-order valence-electron chi connectivity index (χ1n) is 28.8. The summed E-state index contributed by atoms with van der Waals surface area (Å²) in [5, 5.41) is 0. The first-order valence-corrected chi connectivity index (χ1v) is 28.8. The predicted molar refractivity (Wildman–Crippen MR) is 275 cm³/mol. The van der Waals surface area contributed by atoms with E-state index in [-0.39, 0.29) is 31.1 Å². The van der Waals surface area contributed by atoms with Crippen LogP contribution in [0, 0.1) is 11.8 Å². The lowest BCUT2D eigenvalue weighted by Gasteiger charge is -2.18. The van der Waals surface area contributed by atoms with Gasteiger partial charge in [-0.2, -0.15) is 0 Å². The number of rotatable bonds is 52. The number of esters is 3. The van der Waals surface area contributed by atoms with Gasteiger partial charge in [-0.05, 0) is 31.1 Å². The Morgan fingerprint density at radius 2 is 0.594 bits per heavy atom. The highest BCUT2D eigenvalue weighted by atomic mass is 16.6. The van der Waals surface area contributed by atoms with Crippen LogP contribution in [-0.2, 0) is 28.6 Å². The lowest BCUT2D eigenvalue weighted by atomic mass is 9.99. The van der Waals surface area contributed by atoms with Crippen LogP contribution >= 0.6 is 0 Å². The molecule has 0 spiro atoms. The summed E-state index contributed by atoms with van der Waals surface area (Å²) >= 11 is 0. The molecule has 0 aliphatic carbocycles. The van der Waals surface area contributed by atoms with Crippen molar-refractivity contribution in [3.63, 3.8) is 0 Å². The Labute approximate surface area is 399 Å². The molecule has 0 aromatic heterocycles. The number of carbonyl (C=O) groups is 3. The maximum Gasteiger partial charge on any atom is 0.306 e. The van der Waals surface area contributed by atoms with Gasteiger partial charge in [0.25, 0.3) is 0 Å². The molecule has 2 atom stereocenters. The largest absolute Gasteiger partial charge is 0.462 e. The first-order chi connectivity index (χ1) is 31.3. The van der Waals surface area contributed by atoms with E-state index in [9.17, 15) is 14.4 Å². The summed E-state index contributed by atoms with van der Waals surface area (Å²) < 4.78 is 16.9. The highest BCUT2D eigenvalue weighted by Crippen LogP contribution is 2.18. The summed E-state index contributed by atoms with van der Waals surface area (Å²) in [5.41, 5.74) is 0. The Morgan fingerprint density at radius 3 is 0.891 bits per heavy atom. The van der Waals surface area contributed by atoms with Crippen molar-refractivity contribution in [3.8, 4) is 0 Å². The molecular formula is C58H112O6. The molecule has 64 heavy (non-hydrogen) atoms. The quantitative estimate of drug-likeness (QED) is 0.0344. The van der Waals surface area contributed by atoms with Gasteiger partial charge in [0.15, 0.2) is 6.10 Å². The Hall–Kier alpha value is -1.59. The second-order valence-corrected chi connectivity index (χ2v) is 20.6. The van der Waals surface area contributed by atoms with Crippen molar-refractivity contribution >= 4 is 17.9 Å². The third-order valence-electron chi connectivity index (χ3n) is 13.6. The molecule has 6 heteroatoms. The molecule has 0 aliphatic rings. The molecule has 0 aromatic rings. The van der Waals surface area contributed by atoms with Crippen LogP contribution in [0.25, 0.3) is 0 Å². The number of hydrogen-bond acceptors (Lipinski definition) is 6. The second-order valence-electron chi connectivity index (χ2n) is 20.6. The zero-order valence-corrected chi connectivity index (χ0v) is 43.9. The Balaban J connectivity index is 4.29. The van der Waals surface area contributed by atoms with Crippen molar-refractivity contribution in [1.29, 1.82) is 0 Å². The molecule has 0 radical (unpaired) electrons. The average molecular weight is 906 g/mol. The summed E-state index contributed by atoms with van der Waals surface area (Å²) in [6.45, 7) is 11.4. The molecule has 1 unspecified atom stereocenters. The molecule has 0 saturated carbocycles. The standard InChI is InChI=1S/C58H112O6/c1-6-8-9-10-11-12-13-18-22-28-33-38-43-48-56(59)62-51-55(52-63-57(60)49-44-39-34-29-25-24-27-32-37-42-47-54(5)7-2)64-58(61)50-45-40-35-30-23-20-17-15-14-16-19-21-26-31-36-41-46-53(3)4/h53-55H,6-52H2,1-5H3/t54?,55-/m0/s1. The van der Waals surface area contributed by atoms with Crippen molar-refractivity contribution < 1.29 is 28.6 Å². The number of carbonyl (C=O) groups excluding carboxylic acids is 3. The van der Waals surface area contributed by atoms with E-state index in [0.29, 0.717) is 19.3 Å². The maximum atomic E-state index is 12.9. The molecule has 0 fully saturated rings. The van der Waals surface area contributed by atoms with Gasteiger partial charge in [-0.25, -0.2) is 0 Å². The summed E-state index contributed by atoms with van der Waals surface area (Å²) in [7, 11) is 0. The van der Waals surface area contributed by atoms with E-state index in [1.165, 1.54) is 212 Å². The highest BCUT2D eigenvalue weighted by Gasteiger charge is 2.19. The SMILES string of the molecule is CCCCCCCCCCCCCCCC(=O)OC[C@@H](COC(=O)CCCCCCCCCCCCC(C)CC)OC(=O)CCCCCCCCCCCCCCCCCCC(C)C. The van der Waals surface area contributed by atoms with Crippen molar-refractivity contribution in [2.45, 2.75) is 330 Å². The van der Waals surface area contributed by atoms with Crippen LogP contribution in [0.5, 0.6) is 0 Å². The molecule has 0 heterocycles. The molecule has 0 amide bonds. The van der Waals surface area contributed by atoms with Crippen LogP contribution in [-0.4, -0.2) is 37.2 Å². The summed E-state index contributed by atoms with van der Waals surface area (Å²) in [6.07, 6.45) is 53.7. The van der Waals surface area contributed by atoms with E-state index in [2.05, 4.69) is 34.6 Å². The molecule has 0 N–H and O–H groups in total. The minimum absolute atomic E-state index is 0.0628. The Kier molecular flexibility index (Phi) is 49.6. The van der Waals surface area contributed by atoms with Gasteiger partial charge in [-0.1, -0.05) is 285 Å². The molecule has 0 bridgehead atoms. The van der Waals surface area contributed by atoms with E-state index in [0.717, 1.165) is 69.6 Å². The van der Waals surface area contributed by atoms with Crippen LogP contribution in [0.2, 0.25) is 0 Å². The molecule has 0 saturated heterocycles. The van der Waals surface area contributed by atoms with Crippen LogP contribution in [0.15, 0.2) is 0 Å². The van der Waals surface area contributed by atoms with Gasteiger partial charge < -0.3 is 14.2 Å². The molecular weight excluding hydrogens is 793 g/mol. The van der Waals surface area contributed by atoms with Crippen molar-refractivity contribution in [2.75, 3.05) is 13.2 Å². The molecule has 0 aromatic carbocycles. The smallest absolute Gasteiger partial charge is 0.306 e. The van der Waals surface area contributed by atoms with E-state index < -0.39 is 6.10 Å². The zero-order valence-electron chi connectivity index (χ0n) is 43.9. The number of unbranched alkanes of at least 4 members (excludes halogenated alkanes) is 36. The van der Waals surface area contributed by atoms with Gasteiger partial charge in [-0.3, -0.25) is 14.4 Å². The zero-order chi connectivity index (χ0) is 46.8. The van der Waals surface area contributed by atoms with Crippen LogP contribution in [0.1, 0.15) is 324 Å². The van der Waals surface area contributed by atoms with E-state index in [4.69, 9.17) is 14.2 Å². The molecule has 380 valence electrons. The molecule has 0 rings (SSSR count). The van der Waals surface area contributed by atoms with Crippen molar-refractivity contribution in [3.05, 3.63) is 0 Å². The van der Waals surface area contributed by atoms with Gasteiger partial charge in [-0.15, -0.1) is 0 Å². The Bertz CT molecular complexity index is 980. The highest BCUT2D eigenvalue weighted by molar-refractivity contribution is 5.71. The number of hydrogen-bond donors (Lipinski definition) is 0. The third kappa shape index (κ3) is 49.8. The van der Waals surface area contributed by atoms with Gasteiger partial charge in [0.05, 0.1) is 0 Å². The van der Waals surface area contributed by atoms with E-state index >= 15 is 0 Å². The second kappa shape index (κ2) is 50.8. The van der Waals surface area contributed by atoms with E-state index in [1.807, 2.05) is 0 Å².